The van der Waals surface area contributed by atoms with Crippen molar-refractivity contribution in [3.05, 3.63) is 35.9 Å². The quantitative estimate of drug-likeness (QED) is 0.466. The van der Waals surface area contributed by atoms with Crippen LogP contribution in [0.3, 0.4) is 0 Å². The Balaban J connectivity index is 0.00000161. The number of nitrogens with one attached hydrogen (secondary N) is 1. The van der Waals surface area contributed by atoms with E-state index in [0.717, 1.165) is 25.0 Å². The van der Waals surface area contributed by atoms with E-state index < -0.39 is 0 Å². The topological polar surface area (TPSA) is 27.6 Å². The molecule has 0 spiro atoms. The van der Waals surface area contributed by atoms with Crippen LogP contribution in [-0.4, -0.2) is 31.5 Å². The van der Waals surface area contributed by atoms with Crippen molar-refractivity contribution in [2.24, 2.45) is 16.3 Å². The molecule has 0 unspecified atom stereocenters. The van der Waals surface area contributed by atoms with Gasteiger partial charge < -0.3 is 10.2 Å². The number of nitrogens with zero attached hydrogens (tertiary/aromatic N) is 2. The summed E-state index contributed by atoms with van der Waals surface area (Å²) in [5, 5.41) is 3.59. The van der Waals surface area contributed by atoms with Gasteiger partial charge in [-0.15, -0.1) is 24.0 Å². The van der Waals surface area contributed by atoms with Gasteiger partial charge in [-0.2, -0.15) is 0 Å². The molecule has 2 saturated carbocycles. The molecule has 0 aliphatic heterocycles. The normalized spacial score (nSPS) is 19.6. The summed E-state index contributed by atoms with van der Waals surface area (Å²) in [5.74, 6) is 2.01. The molecule has 2 fully saturated rings. The Morgan fingerprint density at radius 3 is 2.43 bits per heavy atom. The summed E-state index contributed by atoms with van der Waals surface area (Å²) >= 11 is 0. The van der Waals surface area contributed by atoms with Gasteiger partial charge in [-0.25, -0.2) is 4.99 Å². The molecular formula is C17H26IN3. The fourth-order valence-electron chi connectivity index (χ4n) is 2.95. The highest BCUT2D eigenvalue weighted by Gasteiger charge is 2.53. The summed E-state index contributed by atoms with van der Waals surface area (Å²) in [4.78, 5) is 6.82. The van der Waals surface area contributed by atoms with Gasteiger partial charge in [0.15, 0.2) is 5.96 Å². The summed E-state index contributed by atoms with van der Waals surface area (Å²) in [6.07, 6.45) is 5.70. The predicted molar refractivity (Wildman–Crippen MR) is 99.1 cm³/mol. The zero-order valence-electron chi connectivity index (χ0n) is 13.0. The lowest BCUT2D eigenvalue weighted by atomic mass is 10.0. The standard InChI is InChI=1S/C17H25N3.HI/c1-20(2)16(18-12-14-6-4-3-5-7-14)19-13-17(10-11-17)15-8-9-15;/h3-7,15H,8-13H2,1-2H3,(H,18,19);1H. The average Bonchev–Trinajstić information content (AvgIpc) is 3.32. The largest absolute Gasteiger partial charge is 0.356 e. The Morgan fingerprint density at radius 1 is 1.24 bits per heavy atom. The first-order chi connectivity index (χ1) is 9.70. The summed E-state index contributed by atoms with van der Waals surface area (Å²) in [6, 6.07) is 10.4. The van der Waals surface area contributed by atoms with E-state index in [1.165, 1.54) is 31.2 Å². The van der Waals surface area contributed by atoms with Gasteiger partial charge in [-0.1, -0.05) is 30.3 Å². The minimum absolute atomic E-state index is 0. The molecule has 2 aliphatic rings. The second-order valence-corrected chi connectivity index (χ2v) is 6.51. The SMILES string of the molecule is CN(C)C(=NCc1ccccc1)NCC1(C2CC2)CC1.I. The van der Waals surface area contributed by atoms with Crippen LogP contribution in [0.5, 0.6) is 0 Å². The number of guanidine groups is 1. The molecule has 1 aromatic carbocycles. The van der Waals surface area contributed by atoms with E-state index in [4.69, 9.17) is 4.99 Å². The molecule has 0 aromatic heterocycles. The van der Waals surface area contributed by atoms with Crippen molar-refractivity contribution in [3.8, 4) is 0 Å². The van der Waals surface area contributed by atoms with E-state index in [0.29, 0.717) is 5.41 Å². The van der Waals surface area contributed by atoms with Crippen molar-refractivity contribution in [3.63, 3.8) is 0 Å². The molecule has 116 valence electrons. The van der Waals surface area contributed by atoms with E-state index in [1.807, 2.05) is 6.07 Å². The summed E-state index contributed by atoms with van der Waals surface area (Å²) in [7, 11) is 4.13. The first kappa shape index (κ1) is 16.6. The van der Waals surface area contributed by atoms with Crippen molar-refractivity contribution >= 4 is 29.9 Å². The molecule has 3 nitrogen and oxygen atoms in total. The predicted octanol–water partition coefficient (Wildman–Crippen LogP) is 3.50. The Kier molecular flexibility index (Phi) is 5.52. The maximum atomic E-state index is 4.74. The van der Waals surface area contributed by atoms with Crippen molar-refractivity contribution in [2.75, 3.05) is 20.6 Å². The van der Waals surface area contributed by atoms with Gasteiger partial charge in [0, 0.05) is 20.6 Å². The van der Waals surface area contributed by atoms with Crippen LogP contribution in [0, 0.1) is 11.3 Å². The Morgan fingerprint density at radius 2 is 1.90 bits per heavy atom. The average molecular weight is 399 g/mol. The van der Waals surface area contributed by atoms with Crippen LogP contribution in [0.2, 0.25) is 0 Å². The zero-order chi connectivity index (χ0) is 14.0. The molecule has 2 aliphatic carbocycles. The Hall–Kier alpha value is -0.780. The molecular weight excluding hydrogens is 373 g/mol. The van der Waals surface area contributed by atoms with Gasteiger partial charge in [0.25, 0.3) is 0 Å². The van der Waals surface area contributed by atoms with Crippen LogP contribution in [0.25, 0.3) is 0 Å². The summed E-state index contributed by atoms with van der Waals surface area (Å²) in [6.45, 7) is 1.85. The minimum atomic E-state index is 0. The zero-order valence-corrected chi connectivity index (χ0v) is 15.3. The van der Waals surface area contributed by atoms with E-state index in [9.17, 15) is 0 Å². The summed E-state index contributed by atoms with van der Waals surface area (Å²) < 4.78 is 0. The number of benzene rings is 1. The van der Waals surface area contributed by atoms with Gasteiger partial charge in [0.1, 0.15) is 0 Å². The number of rotatable bonds is 5. The number of aliphatic imine (C=N–C) groups is 1. The van der Waals surface area contributed by atoms with E-state index in [1.54, 1.807) is 0 Å². The van der Waals surface area contributed by atoms with Crippen LogP contribution < -0.4 is 5.32 Å². The molecule has 1 aromatic rings. The molecule has 0 heterocycles. The third-order valence-electron chi connectivity index (χ3n) is 4.61. The second-order valence-electron chi connectivity index (χ2n) is 6.51. The van der Waals surface area contributed by atoms with Crippen LogP contribution in [0.4, 0.5) is 0 Å². The molecule has 0 atom stereocenters. The molecule has 1 N–H and O–H groups in total. The number of hydrogen-bond acceptors (Lipinski definition) is 1. The highest BCUT2D eigenvalue weighted by Crippen LogP contribution is 2.60. The first-order valence-corrected chi connectivity index (χ1v) is 7.69. The Bertz CT molecular complexity index is 476. The molecule has 21 heavy (non-hydrogen) atoms. The monoisotopic (exact) mass is 399 g/mol. The molecule has 0 radical (unpaired) electrons. The maximum absolute atomic E-state index is 4.74. The van der Waals surface area contributed by atoms with Crippen LogP contribution >= 0.6 is 24.0 Å². The fraction of sp³-hybridized carbons (Fsp3) is 0.588. The molecule has 0 saturated heterocycles. The lowest BCUT2D eigenvalue weighted by Gasteiger charge is -2.21. The first-order valence-electron chi connectivity index (χ1n) is 7.69. The van der Waals surface area contributed by atoms with Gasteiger partial charge in [-0.05, 0) is 42.6 Å². The van der Waals surface area contributed by atoms with Gasteiger partial charge in [-0.3, -0.25) is 0 Å². The third-order valence-corrected chi connectivity index (χ3v) is 4.61. The fourth-order valence-corrected chi connectivity index (χ4v) is 2.95. The van der Waals surface area contributed by atoms with Crippen LogP contribution in [0.15, 0.2) is 35.3 Å². The minimum Gasteiger partial charge on any atom is -0.356 e. The smallest absolute Gasteiger partial charge is 0.193 e. The Labute approximate surface area is 145 Å². The van der Waals surface area contributed by atoms with Crippen molar-refractivity contribution in [2.45, 2.75) is 32.2 Å². The van der Waals surface area contributed by atoms with Crippen molar-refractivity contribution in [1.82, 2.24) is 10.2 Å². The molecule has 0 amide bonds. The highest BCUT2D eigenvalue weighted by molar-refractivity contribution is 14.0. The maximum Gasteiger partial charge on any atom is 0.193 e. The molecule has 4 heteroatoms. The van der Waals surface area contributed by atoms with Crippen LogP contribution in [0.1, 0.15) is 31.2 Å². The molecule has 0 bridgehead atoms. The summed E-state index contributed by atoms with van der Waals surface area (Å²) in [5.41, 5.74) is 1.88. The van der Waals surface area contributed by atoms with Crippen molar-refractivity contribution in [1.29, 1.82) is 0 Å². The van der Waals surface area contributed by atoms with E-state index >= 15 is 0 Å². The van der Waals surface area contributed by atoms with Crippen LogP contribution in [-0.2, 0) is 6.54 Å². The lowest BCUT2D eigenvalue weighted by molar-refractivity contribution is 0.422. The highest BCUT2D eigenvalue weighted by atomic mass is 127. The van der Waals surface area contributed by atoms with E-state index in [-0.39, 0.29) is 24.0 Å². The van der Waals surface area contributed by atoms with Gasteiger partial charge in [0.05, 0.1) is 6.54 Å². The molecule has 3 rings (SSSR count). The third kappa shape index (κ3) is 4.34. The van der Waals surface area contributed by atoms with Crippen molar-refractivity contribution < 1.29 is 0 Å². The van der Waals surface area contributed by atoms with Gasteiger partial charge in [0.2, 0.25) is 0 Å². The lowest BCUT2D eigenvalue weighted by Crippen LogP contribution is -2.40. The number of hydrogen-bond donors (Lipinski definition) is 1. The second kappa shape index (κ2) is 6.99. The number of halogens is 1. The van der Waals surface area contributed by atoms with E-state index in [2.05, 4.69) is 48.6 Å². The van der Waals surface area contributed by atoms with Gasteiger partial charge >= 0.3 is 0 Å².